The van der Waals surface area contributed by atoms with Crippen LogP contribution in [0, 0.1) is 0 Å². The second-order valence-electron chi connectivity index (χ2n) is 6.69. The lowest BCUT2D eigenvalue weighted by atomic mass is 10.1. The van der Waals surface area contributed by atoms with Crippen LogP contribution in [0.5, 0.6) is 11.5 Å². The van der Waals surface area contributed by atoms with Crippen LogP contribution in [0.3, 0.4) is 0 Å². The van der Waals surface area contributed by atoms with Crippen molar-refractivity contribution in [3.8, 4) is 11.5 Å². The molecule has 0 amide bonds. The van der Waals surface area contributed by atoms with Crippen LogP contribution in [-0.2, 0) is 37.3 Å². The molecule has 1 fully saturated rings. The molecule has 2 aromatic carbocycles. The summed E-state index contributed by atoms with van der Waals surface area (Å²) in [6, 6.07) is 11.9. The van der Waals surface area contributed by atoms with Crippen LogP contribution >= 0.6 is 0 Å². The van der Waals surface area contributed by atoms with Gasteiger partial charge in [0.15, 0.2) is 0 Å². The van der Waals surface area contributed by atoms with Gasteiger partial charge in [0, 0.05) is 13.1 Å². The maximum absolute atomic E-state index is 13.0. The summed E-state index contributed by atoms with van der Waals surface area (Å²) in [7, 11) is -0.784. The molecule has 0 spiro atoms. The Kier molecular flexibility index (Phi) is 7.30. The Balaban J connectivity index is 1.71. The van der Waals surface area contributed by atoms with Crippen molar-refractivity contribution in [2.45, 2.75) is 17.9 Å². The summed E-state index contributed by atoms with van der Waals surface area (Å²) in [5.74, 6) is 0.448. The number of hydrogen-bond donors (Lipinski definition) is 0. The molecule has 1 aliphatic heterocycles. The van der Waals surface area contributed by atoms with Crippen molar-refractivity contribution >= 4 is 16.0 Å². The summed E-state index contributed by atoms with van der Waals surface area (Å²) in [6.45, 7) is 1.34. The molecule has 9 heteroatoms. The number of carbonyl (C=O) groups excluding carboxylic acids is 1. The number of sulfonamides is 1. The Labute approximate surface area is 176 Å². The molecule has 0 N–H and O–H groups in total. The lowest BCUT2D eigenvalue weighted by Crippen LogP contribution is -2.40. The number of methoxy groups -OCH3 is 2. The monoisotopic (exact) mass is 435 g/mol. The van der Waals surface area contributed by atoms with Crippen molar-refractivity contribution in [3.63, 3.8) is 0 Å². The van der Waals surface area contributed by atoms with Gasteiger partial charge >= 0.3 is 5.97 Å². The van der Waals surface area contributed by atoms with E-state index in [1.54, 1.807) is 31.4 Å². The highest BCUT2D eigenvalue weighted by Gasteiger charge is 2.29. The molecule has 1 aliphatic rings. The summed E-state index contributed by atoms with van der Waals surface area (Å²) in [6.07, 6.45) is -0.0560. The Morgan fingerprint density at radius 1 is 1.03 bits per heavy atom. The minimum Gasteiger partial charge on any atom is -0.497 e. The molecule has 1 heterocycles. The molecule has 1 saturated heterocycles. The minimum absolute atomic E-state index is 0.0324. The maximum atomic E-state index is 13.0. The quantitative estimate of drug-likeness (QED) is 0.586. The molecule has 2 aromatic rings. The molecule has 0 aromatic heterocycles. The normalized spacial score (nSPS) is 14.9. The third-order valence-corrected chi connectivity index (χ3v) is 6.62. The molecule has 0 saturated carbocycles. The van der Waals surface area contributed by atoms with Gasteiger partial charge in [0.1, 0.15) is 23.0 Å². The minimum atomic E-state index is -3.76. The number of hydrogen-bond acceptors (Lipinski definition) is 7. The average molecular weight is 435 g/mol. The fourth-order valence-corrected chi connectivity index (χ4v) is 4.72. The van der Waals surface area contributed by atoms with E-state index in [0.717, 1.165) is 5.56 Å². The number of benzene rings is 2. The summed E-state index contributed by atoms with van der Waals surface area (Å²) in [4.78, 5) is 12.3. The number of morpholine rings is 1. The predicted molar refractivity (Wildman–Crippen MR) is 109 cm³/mol. The lowest BCUT2D eigenvalue weighted by Gasteiger charge is -2.26. The first-order valence-corrected chi connectivity index (χ1v) is 10.9. The number of rotatable bonds is 8. The van der Waals surface area contributed by atoms with Crippen LogP contribution in [0.4, 0.5) is 0 Å². The fraction of sp³-hybridized carbons (Fsp3) is 0.381. The number of nitrogens with zero attached hydrogens (tertiary/aromatic N) is 1. The molecule has 0 atom stereocenters. The molecule has 0 bridgehead atoms. The van der Waals surface area contributed by atoms with Crippen molar-refractivity contribution in [2.24, 2.45) is 0 Å². The van der Waals surface area contributed by atoms with Crippen molar-refractivity contribution < 1.29 is 32.2 Å². The number of ether oxygens (including phenoxy) is 4. The zero-order valence-electron chi connectivity index (χ0n) is 17.0. The van der Waals surface area contributed by atoms with Gasteiger partial charge in [-0.3, -0.25) is 4.79 Å². The van der Waals surface area contributed by atoms with Crippen LogP contribution in [0.2, 0.25) is 0 Å². The topological polar surface area (TPSA) is 91.4 Å². The third-order valence-electron chi connectivity index (χ3n) is 4.70. The molecular formula is C21H25NO7S. The summed E-state index contributed by atoms with van der Waals surface area (Å²) in [5, 5.41) is 0. The number of carbonyl (C=O) groups is 1. The standard InChI is InChI=1S/C21H25NO7S/c1-26-18-5-3-4-17(12-18)15-29-21(23)14-16-6-7-19(27-2)20(13-16)30(24,25)22-8-10-28-11-9-22/h3-7,12-13H,8-11,14-15H2,1-2H3. The Bertz CT molecular complexity index is 985. The van der Waals surface area contributed by atoms with Gasteiger partial charge < -0.3 is 18.9 Å². The first kappa shape index (κ1) is 22.1. The molecule has 0 aliphatic carbocycles. The van der Waals surface area contributed by atoms with E-state index in [1.807, 2.05) is 12.1 Å². The van der Waals surface area contributed by atoms with Crippen LogP contribution < -0.4 is 9.47 Å². The predicted octanol–water partition coefficient (Wildman–Crippen LogP) is 2.01. The number of esters is 1. The Morgan fingerprint density at radius 3 is 2.50 bits per heavy atom. The molecule has 8 nitrogen and oxygen atoms in total. The average Bonchev–Trinajstić information content (AvgIpc) is 2.78. The highest BCUT2D eigenvalue weighted by molar-refractivity contribution is 7.89. The third kappa shape index (κ3) is 5.29. The van der Waals surface area contributed by atoms with Crippen LogP contribution in [0.1, 0.15) is 11.1 Å². The smallest absolute Gasteiger partial charge is 0.310 e. The van der Waals surface area contributed by atoms with Gasteiger partial charge in [0.05, 0.1) is 33.9 Å². The van der Waals surface area contributed by atoms with Crippen molar-refractivity contribution in [2.75, 3.05) is 40.5 Å². The summed E-state index contributed by atoms with van der Waals surface area (Å²) >= 11 is 0. The molecule has 162 valence electrons. The van der Waals surface area contributed by atoms with Crippen LogP contribution in [0.15, 0.2) is 47.4 Å². The van der Waals surface area contributed by atoms with Gasteiger partial charge in [-0.1, -0.05) is 18.2 Å². The SMILES string of the molecule is COc1cccc(COC(=O)Cc2ccc(OC)c(S(=O)(=O)N3CCOCC3)c2)c1. The van der Waals surface area contributed by atoms with E-state index in [0.29, 0.717) is 24.5 Å². The van der Waals surface area contributed by atoms with E-state index in [-0.39, 0.29) is 36.8 Å². The second-order valence-corrected chi connectivity index (χ2v) is 8.60. The molecule has 0 unspecified atom stereocenters. The van der Waals surface area contributed by atoms with E-state index >= 15 is 0 Å². The van der Waals surface area contributed by atoms with E-state index in [4.69, 9.17) is 18.9 Å². The molecular weight excluding hydrogens is 410 g/mol. The van der Waals surface area contributed by atoms with Gasteiger partial charge in [0.2, 0.25) is 10.0 Å². The summed E-state index contributed by atoms with van der Waals surface area (Å²) < 4.78 is 48.4. The van der Waals surface area contributed by atoms with E-state index in [1.165, 1.54) is 17.5 Å². The van der Waals surface area contributed by atoms with Crippen LogP contribution in [0.25, 0.3) is 0 Å². The van der Waals surface area contributed by atoms with Crippen molar-refractivity contribution in [3.05, 3.63) is 53.6 Å². The van der Waals surface area contributed by atoms with E-state index in [2.05, 4.69) is 0 Å². The second kappa shape index (κ2) is 9.92. The van der Waals surface area contributed by atoms with Crippen LogP contribution in [-0.4, -0.2) is 59.2 Å². The van der Waals surface area contributed by atoms with Gasteiger partial charge in [-0.2, -0.15) is 4.31 Å². The molecule has 30 heavy (non-hydrogen) atoms. The first-order chi connectivity index (χ1) is 14.4. The maximum Gasteiger partial charge on any atom is 0.310 e. The largest absolute Gasteiger partial charge is 0.497 e. The zero-order chi connectivity index (χ0) is 21.6. The summed E-state index contributed by atoms with van der Waals surface area (Å²) in [5.41, 5.74) is 1.33. The van der Waals surface area contributed by atoms with Gasteiger partial charge in [-0.25, -0.2) is 8.42 Å². The van der Waals surface area contributed by atoms with Crippen molar-refractivity contribution in [1.29, 1.82) is 0 Å². The fourth-order valence-electron chi connectivity index (χ4n) is 3.10. The van der Waals surface area contributed by atoms with E-state index < -0.39 is 16.0 Å². The molecule has 3 rings (SSSR count). The molecule has 0 radical (unpaired) electrons. The lowest BCUT2D eigenvalue weighted by molar-refractivity contribution is -0.144. The zero-order valence-corrected chi connectivity index (χ0v) is 17.8. The Morgan fingerprint density at radius 2 is 1.80 bits per heavy atom. The van der Waals surface area contributed by atoms with Gasteiger partial charge in [-0.15, -0.1) is 0 Å². The Hall–Kier alpha value is -2.62. The first-order valence-electron chi connectivity index (χ1n) is 9.47. The van der Waals surface area contributed by atoms with Crippen molar-refractivity contribution in [1.82, 2.24) is 4.31 Å². The highest BCUT2D eigenvalue weighted by atomic mass is 32.2. The highest BCUT2D eigenvalue weighted by Crippen LogP contribution is 2.28. The van der Waals surface area contributed by atoms with E-state index in [9.17, 15) is 13.2 Å². The van der Waals surface area contributed by atoms with Gasteiger partial charge in [0.25, 0.3) is 0 Å². The van der Waals surface area contributed by atoms with Gasteiger partial charge in [-0.05, 0) is 35.4 Å².